The van der Waals surface area contributed by atoms with Gasteiger partial charge < -0.3 is 10.1 Å². The normalized spacial score (nSPS) is 20.3. The molecule has 0 aliphatic carbocycles. The molecule has 1 unspecified atom stereocenters. The number of rotatable bonds is 6. The molecule has 0 spiro atoms. The van der Waals surface area contributed by atoms with Crippen LogP contribution in [-0.2, 0) is 25.8 Å². The van der Waals surface area contributed by atoms with E-state index in [1.165, 1.54) is 7.11 Å². The third kappa shape index (κ3) is 4.82. The van der Waals surface area contributed by atoms with E-state index in [9.17, 15) is 13.2 Å². The molecule has 1 saturated heterocycles. The Balaban J connectivity index is 1.95. The first kappa shape index (κ1) is 16.0. The summed E-state index contributed by atoms with van der Waals surface area (Å²) in [5.41, 5.74) is 1.81. The Kier molecular flexibility index (Phi) is 5.36. The Hall–Kier alpha value is -1.40. The molecule has 2 rings (SSSR count). The third-order valence-electron chi connectivity index (χ3n) is 3.72. The van der Waals surface area contributed by atoms with Crippen molar-refractivity contribution in [1.82, 2.24) is 0 Å². The molecule has 0 aromatic heterocycles. The monoisotopic (exact) mass is 311 g/mol. The van der Waals surface area contributed by atoms with E-state index in [-0.39, 0.29) is 18.4 Å². The van der Waals surface area contributed by atoms with Crippen molar-refractivity contribution in [1.29, 1.82) is 0 Å². The largest absolute Gasteiger partial charge is 0.375 e. The van der Waals surface area contributed by atoms with Gasteiger partial charge in [-0.1, -0.05) is 18.2 Å². The number of methoxy groups -OCH3 is 1. The fourth-order valence-corrected chi connectivity index (χ4v) is 4.55. The quantitative estimate of drug-likeness (QED) is 0.867. The summed E-state index contributed by atoms with van der Waals surface area (Å²) >= 11 is 0. The van der Waals surface area contributed by atoms with E-state index in [0.717, 1.165) is 30.5 Å². The lowest BCUT2D eigenvalue weighted by atomic mass is 9.98. The van der Waals surface area contributed by atoms with Crippen molar-refractivity contribution in [2.24, 2.45) is 5.92 Å². The van der Waals surface area contributed by atoms with Gasteiger partial charge in [0, 0.05) is 12.8 Å². The summed E-state index contributed by atoms with van der Waals surface area (Å²) < 4.78 is 27.7. The molecule has 1 aromatic carbocycles. The van der Waals surface area contributed by atoms with Crippen LogP contribution in [0.25, 0.3) is 0 Å². The Labute approximate surface area is 125 Å². The predicted octanol–water partition coefficient (Wildman–Crippen LogP) is 1.64. The molecular formula is C15H21NO4S. The number of aryl methyl sites for hydroxylation is 1. The highest BCUT2D eigenvalue weighted by Gasteiger charge is 2.27. The van der Waals surface area contributed by atoms with Gasteiger partial charge in [-0.25, -0.2) is 8.42 Å². The van der Waals surface area contributed by atoms with Crippen molar-refractivity contribution < 1.29 is 17.9 Å². The van der Waals surface area contributed by atoms with Gasteiger partial charge in [-0.05, 0) is 36.8 Å². The summed E-state index contributed by atoms with van der Waals surface area (Å²) in [6.07, 6.45) is 2.35. The van der Waals surface area contributed by atoms with Crippen LogP contribution in [0.2, 0.25) is 0 Å². The van der Waals surface area contributed by atoms with Crippen LogP contribution < -0.4 is 5.32 Å². The van der Waals surface area contributed by atoms with Crippen LogP contribution in [0.15, 0.2) is 24.3 Å². The highest BCUT2D eigenvalue weighted by Crippen LogP contribution is 2.25. The lowest BCUT2D eigenvalue weighted by Crippen LogP contribution is -2.18. The SMILES string of the molecule is COCC(=O)Nc1ccccc1CCC1CCS(=O)(=O)C1. The van der Waals surface area contributed by atoms with Gasteiger partial charge in [-0.2, -0.15) is 0 Å². The van der Waals surface area contributed by atoms with Gasteiger partial charge in [-0.3, -0.25) is 4.79 Å². The number of nitrogens with one attached hydrogen (secondary N) is 1. The number of carbonyl (C=O) groups is 1. The van der Waals surface area contributed by atoms with Gasteiger partial charge in [0.15, 0.2) is 9.84 Å². The first-order valence-corrected chi connectivity index (χ1v) is 8.89. The summed E-state index contributed by atoms with van der Waals surface area (Å²) in [7, 11) is -1.34. The summed E-state index contributed by atoms with van der Waals surface area (Å²) in [5.74, 6) is 0.654. The minimum Gasteiger partial charge on any atom is -0.375 e. The Morgan fingerprint density at radius 1 is 1.38 bits per heavy atom. The number of ether oxygens (including phenoxy) is 1. The minimum atomic E-state index is -2.82. The molecule has 116 valence electrons. The smallest absolute Gasteiger partial charge is 0.250 e. The average molecular weight is 311 g/mol. The molecule has 0 saturated carbocycles. The topological polar surface area (TPSA) is 72.5 Å². The van der Waals surface area contributed by atoms with Crippen molar-refractivity contribution in [3.05, 3.63) is 29.8 Å². The second kappa shape index (κ2) is 7.04. The van der Waals surface area contributed by atoms with E-state index in [1.54, 1.807) is 0 Å². The molecule has 1 atom stereocenters. The molecule has 1 aliphatic heterocycles. The lowest BCUT2D eigenvalue weighted by molar-refractivity contribution is -0.119. The zero-order valence-electron chi connectivity index (χ0n) is 12.2. The van der Waals surface area contributed by atoms with Gasteiger partial charge in [0.2, 0.25) is 5.91 Å². The number of benzene rings is 1. The van der Waals surface area contributed by atoms with E-state index < -0.39 is 9.84 Å². The van der Waals surface area contributed by atoms with E-state index in [2.05, 4.69) is 5.32 Å². The molecular weight excluding hydrogens is 290 g/mol. The number of amides is 1. The summed E-state index contributed by atoms with van der Waals surface area (Å²) in [5, 5.41) is 2.82. The van der Waals surface area contributed by atoms with Crippen LogP contribution in [0.4, 0.5) is 5.69 Å². The molecule has 0 bridgehead atoms. The molecule has 1 amide bonds. The average Bonchev–Trinajstić information content (AvgIpc) is 2.77. The van der Waals surface area contributed by atoms with Crippen molar-refractivity contribution in [3.63, 3.8) is 0 Å². The van der Waals surface area contributed by atoms with E-state index in [1.807, 2.05) is 24.3 Å². The van der Waals surface area contributed by atoms with Crippen LogP contribution >= 0.6 is 0 Å². The molecule has 1 heterocycles. The first-order valence-electron chi connectivity index (χ1n) is 7.07. The summed E-state index contributed by atoms with van der Waals surface area (Å²) in [6, 6.07) is 7.61. The summed E-state index contributed by atoms with van der Waals surface area (Å²) in [4.78, 5) is 11.6. The molecule has 1 aliphatic rings. The second-order valence-electron chi connectivity index (χ2n) is 5.45. The van der Waals surface area contributed by atoms with Gasteiger partial charge in [-0.15, -0.1) is 0 Å². The minimum absolute atomic E-state index is 0.0230. The van der Waals surface area contributed by atoms with Crippen molar-refractivity contribution in [2.45, 2.75) is 19.3 Å². The molecule has 6 heteroatoms. The zero-order valence-corrected chi connectivity index (χ0v) is 13.0. The van der Waals surface area contributed by atoms with Crippen LogP contribution in [0.5, 0.6) is 0 Å². The summed E-state index contributed by atoms with van der Waals surface area (Å²) in [6.45, 7) is 0.0230. The molecule has 21 heavy (non-hydrogen) atoms. The molecule has 0 radical (unpaired) electrons. The number of sulfone groups is 1. The van der Waals surface area contributed by atoms with Crippen LogP contribution in [0.1, 0.15) is 18.4 Å². The lowest BCUT2D eigenvalue weighted by Gasteiger charge is -2.12. The number of para-hydroxylation sites is 1. The van der Waals surface area contributed by atoms with Gasteiger partial charge in [0.25, 0.3) is 0 Å². The predicted molar refractivity (Wildman–Crippen MR) is 82.0 cm³/mol. The maximum Gasteiger partial charge on any atom is 0.250 e. The highest BCUT2D eigenvalue weighted by molar-refractivity contribution is 7.91. The maximum atomic E-state index is 11.6. The number of carbonyl (C=O) groups excluding carboxylic acids is 1. The standard InChI is InChI=1S/C15H21NO4S/c1-20-10-15(17)16-14-5-3-2-4-13(14)7-6-12-8-9-21(18,19)11-12/h2-5,12H,6-11H2,1H3,(H,16,17). The van der Waals surface area contributed by atoms with Crippen molar-refractivity contribution >= 4 is 21.4 Å². The van der Waals surface area contributed by atoms with E-state index in [0.29, 0.717) is 11.5 Å². The number of anilines is 1. The fourth-order valence-electron chi connectivity index (χ4n) is 2.64. The zero-order chi connectivity index (χ0) is 15.3. The van der Waals surface area contributed by atoms with E-state index in [4.69, 9.17) is 4.74 Å². The van der Waals surface area contributed by atoms with Crippen LogP contribution in [0.3, 0.4) is 0 Å². The Morgan fingerprint density at radius 2 is 2.14 bits per heavy atom. The molecule has 1 aromatic rings. The first-order chi connectivity index (χ1) is 10.00. The Bertz CT molecular complexity index is 597. The van der Waals surface area contributed by atoms with Crippen molar-refractivity contribution in [3.8, 4) is 0 Å². The van der Waals surface area contributed by atoms with Crippen LogP contribution in [0, 0.1) is 5.92 Å². The van der Waals surface area contributed by atoms with Crippen LogP contribution in [-0.4, -0.2) is 39.5 Å². The van der Waals surface area contributed by atoms with Gasteiger partial charge in [0.1, 0.15) is 6.61 Å². The van der Waals surface area contributed by atoms with Crippen molar-refractivity contribution in [2.75, 3.05) is 30.5 Å². The number of hydrogen-bond donors (Lipinski definition) is 1. The van der Waals surface area contributed by atoms with Gasteiger partial charge in [0.05, 0.1) is 11.5 Å². The molecule has 1 fully saturated rings. The van der Waals surface area contributed by atoms with Gasteiger partial charge >= 0.3 is 0 Å². The molecule has 1 N–H and O–H groups in total. The third-order valence-corrected chi connectivity index (χ3v) is 5.55. The Morgan fingerprint density at radius 3 is 2.81 bits per heavy atom. The second-order valence-corrected chi connectivity index (χ2v) is 7.67. The number of hydrogen-bond acceptors (Lipinski definition) is 4. The molecule has 5 nitrogen and oxygen atoms in total. The highest BCUT2D eigenvalue weighted by atomic mass is 32.2. The maximum absolute atomic E-state index is 11.6. The van der Waals surface area contributed by atoms with E-state index >= 15 is 0 Å². The fraction of sp³-hybridized carbons (Fsp3) is 0.533.